The molecule has 31 heavy (non-hydrogen) atoms. The van der Waals surface area contributed by atoms with Gasteiger partial charge >= 0.3 is 0 Å². The van der Waals surface area contributed by atoms with E-state index in [1.165, 1.54) is 37.7 Å². The Hall–Kier alpha value is -0.500. The Morgan fingerprint density at radius 1 is 0.710 bits per heavy atom. The van der Waals surface area contributed by atoms with E-state index in [-0.39, 0.29) is 12.1 Å². The first kappa shape index (κ1) is 25.1. The highest BCUT2D eigenvalue weighted by Gasteiger charge is 2.27. The number of nitrogens with zero attached hydrogens (tertiary/aromatic N) is 2. The van der Waals surface area contributed by atoms with Crippen LogP contribution in [0.5, 0.6) is 0 Å². The topological polar surface area (TPSA) is 71.1 Å². The highest BCUT2D eigenvalue weighted by atomic mass is 16.9. The Kier molecular flexibility index (Phi) is 10.3. The minimum Gasteiger partial charge on any atom is -0.762 e. The molecule has 3 aliphatic carbocycles. The summed E-state index contributed by atoms with van der Waals surface area (Å²) < 4.78 is 0. The molecule has 0 bridgehead atoms. The second-order valence-electron chi connectivity index (χ2n) is 10.5. The molecule has 0 heterocycles. The predicted molar refractivity (Wildman–Crippen MR) is 124 cm³/mol. The molecule has 0 spiro atoms. The van der Waals surface area contributed by atoms with Gasteiger partial charge in [-0.05, 0) is 94.8 Å². The summed E-state index contributed by atoms with van der Waals surface area (Å²) in [7, 11) is 0. The average molecular weight is 437 g/mol. The summed E-state index contributed by atoms with van der Waals surface area (Å²) in [6, 6.07) is -0.269. The van der Waals surface area contributed by atoms with Crippen LogP contribution >= 0.6 is 0 Å². The van der Waals surface area contributed by atoms with Crippen LogP contribution < -0.4 is 0 Å². The van der Waals surface area contributed by atoms with E-state index < -0.39 is 0 Å². The lowest BCUT2D eigenvalue weighted by Crippen LogP contribution is -2.41. The molecule has 3 fully saturated rings. The van der Waals surface area contributed by atoms with Gasteiger partial charge in [-0.15, -0.1) is 0 Å². The van der Waals surface area contributed by atoms with Gasteiger partial charge < -0.3 is 20.1 Å². The number of hydrogen-bond donors (Lipinski definition) is 0. The van der Waals surface area contributed by atoms with Crippen molar-refractivity contribution in [3.63, 3.8) is 0 Å². The summed E-state index contributed by atoms with van der Waals surface area (Å²) in [5.74, 6) is 2.49. The fourth-order valence-corrected chi connectivity index (χ4v) is 5.68. The van der Waals surface area contributed by atoms with Gasteiger partial charge in [0, 0.05) is 12.1 Å². The normalized spacial score (nSPS) is 34.9. The van der Waals surface area contributed by atoms with E-state index in [9.17, 15) is 10.4 Å². The number of hydrogen-bond acceptors (Lipinski definition) is 6. The molecule has 3 saturated carbocycles. The number of rotatable bonds is 10. The van der Waals surface area contributed by atoms with Crippen molar-refractivity contribution in [2.45, 2.75) is 109 Å². The maximum Gasteiger partial charge on any atom is 0.0701 e. The van der Waals surface area contributed by atoms with Crippen LogP contribution in [0.25, 0.3) is 0 Å². The Balaban J connectivity index is 1.28. The summed E-state index contributed by atoms with van der Waals surface area (Å²) in [4.78, 5) is 11.2. The van der Waals surface area contributed by atoms with Crippen molar-refractivity contribution in [1.29, 1.82) is 0 Å². The first-order chi connectivity index (χ1) is 15.0. The predicted octanol–water partition coefficient (Wildman–Crippen LogP) is 6.36. The van der Waals surface area contributed by atoms with Crippen molar-refractivity contribution in [3.05, 3.63) is 22.6 Å². The molecule has 6 heteroatoms. The zero-order chi connectivity index (χ0) is 22.2. The molecule has 6 nitrogen and oxygen atoms in total. The van der Waals surface area contributed by atoms with Crippen molar-refractivity contribution in [1.82, 2.24) is 10.5 Å². The Bertz CT molecular complexity index is 522. The van der Waals surface area contributed by atoms with Crippen LogP contribution in [0.2, 0.25) is 0 Å². The molecule has 0 aromatic heterocycles. The van der Waals surface area contributed by atoms with Crippen LogP contribution in [0.15, 0.2) is 12.2 Å². The minimum atomic E-state index is -0.138. The van der Waals surface area contributed by atoms with Crippen molar-refractivity contribution in [3.8, 4) is 0 Å². The van der Waals surface area contributed by atoms with E-state index in [0.29, 0.717) is 56.7 Å². The van der Waals surface area contributed by atoms with Crippen LogP contribution in [0.1, 0.15) is 97.3 Å². The van der Waals surface area contributed by atoms with Crippen molar-refractivity contribution in [2.75, 3.05) is 13.2 Å². The summed E-state index contributed by atoms with van der Waals surface area (Å²) in [5, 5.41) is 26.5. The first-order valence-corrected chi connectivity index (χ1v) is 12.8. The lowest BCUT2D eigenvalue weighted by atomic mass is 9.79. The SMILES string of the molecule is C=C(C)C1CCC(CON([O-])C2CCC(N([O-])OCC3CCC(CC)CC3)CC2)CC1. The highest BCUT2D eigenvalue weighted by Crippen LogP contribution is 2.34. The highest BCUT2D eigenvalue weighted by molar-refractivity contribution is 4.97. The molecule has 0 aromatic carbocycles. The second kappa shape index (κ2) is 12.7. The van der Waals surface area contributed by atoms with E-state index in [4.69, 9.17) is 9.68 Å². The third-order valence-electron chi connectivity index (χ3n) is 8.22. The molecule has 180 valence electrons. The van der Waals surface area contributed by atoms with Crippen molar-refractivity contribution in [2.24, 2.45) is 23.7 Å². The van der Waals surface area contributed by atoms with Gasteiger partial charge in [-0.2, -0.15) is 0 Å². The molecular weight excluding hydrogens is 392 g/mol. The van der Waals surface area contributed by atoms with E-state index in [0.717, 1.165) is 42.1 Å². The van der Waals surface area contributed by atoms with E-state index >= 15 is 0 Å². The smallest absolute Gasteiger partial charge is 0.0701 e. The van der Waals surface area contributed by atoms with Crippen LogP contribution in [-0.2, 0) is 9.68 Å². The summed E-state index contributed by atoms with van der Waals surface area (Å²) in [6.07, 6.45) is 13.5. The molecule has 0 unspecified atom stereocenters. The number of allylic oxidation sites excluding steroid dienone is 1. The molecule has 3 rings (SSSR count). The summed E-state index contributed by atoms with van der Waals surface area (Å²) >= 11 is 0. The Morgan fingerprint density at radius 3 is 1.48 bits per heavy atom. The standard InChI is InChI=1S/C25H44N2O4/c1-4-20-5-7-21(8-6-20)17-30-26(28)24-13-15-25(16-14-24)27(29)31-18-22-9-11-23(12-10-22)19(2)3/h20-25H,2,4-18H2,1,3H3/q-2. The lowest BCUT2D eigenvalue weighted by molar-refractivity contribution is -0.190. The molecule has 0 aliphatic heterocycles. The van der Waals surface area contributed by atoms with Crippen LogP contribution in [0.3, 0.4) is 0 Å². The monoisotopic (exact) mass is 436 g/mol. The molecular formula is C25H44N2O4-2. The Morgan fingerprint density at radius 2 is 1.10 bits per heavy atom. The second-order valence-corrected chi connectivity index (χ2v) is 10.5. The van der Waals surface area contributed by atoms with E-state index in [1.54, 1.807) is 0 Å². The molecule has 0 atom stereocenters. The minimum absolute atomic E-state index is 0.131. The third-order valence-corrected chi connectivity index (χ3v) is 8.22. The molecule has 0 saturated heterocycles. The molecule has 0 N–H and O–H groups in total. The molecule has 0 radical (unpaired) electrons. The quantitative estimate of drug-likeness (QED) is 0.293. The van der Waals surface area contributed by atoms with Gasteiger partial charge in [0.15, 0.2) is 0 Å². The summed E-state index contributed by atoms with van der Waals surface area (Å²) in [6.45, 7) is 9.52. The van der Waals surface area contributed by atoms with Crippen molar-refractivity contribution < 1.29 is 9.68 Å². The Labute approximate surface area is 189 Å². The third kappa shape index (κ3) is 7.79. The van der Waals surface area contributed by atoms with Gasteiger partial charge in [0.2, 0.25) is 0 Å². The van der Waals surface area contributed by atoms with E-state index in [2.05, 4.69) is 20.4 Å². The van der Waals surface area contributed by atoms with Crippen LogP contribution in [0, 0.1) is 34.1 Å². The number of hydroxylamine groups is 4. The fraction of sp³-hybridized carbons (Fsp3) is 0.920. The average Bonchev–Trinajstić information content (AvgIpc) is 2.81. The van der Waals surface area contributed by atoms with E-state index in [1.807, 2.05) is 0 Å². The van der Waals surface area contributed by atoms with Crippen molar-refractivity contribution >= 4 is 0 Å². The van der Waals surface area contributed by atoms with Gasteiger partial charge in [-0.1, -0.05) is 38.3 Å². The van der Waals surface area contributed by atoms with Gasteiger partial charge in [0.25, 0.3) is 0 Å². The molecule has 0 aromatic rings. The molecule has 3 aliphatic rings. The maximum atomic E-state index is 12.4. The zero-order valence-electron chi connectivity index (χ0n) is 19.8. The summed E-state index contributed by atoms with van der Waals surface area (Å²) in [5.41, 5.74) is 1.28. The molecule has 0 amide bonds. The van der Waals surface area contributed by atoms with Crippen LogP contribution in [-0.4, -0.2) is 35.8 Å². The first-order valence-electron chi connectivity index (χ1n) is 12.8. The maximum absolute atomic E-state index is 12.4. The van der Waals surface area contributed by atoms with Gasteiger partial charge in [-0.3, -0.25) is 10.5 Å². The van der Waals surface area contributed by atoms with Gasteiger partial charge in [-0.25, -0.2) is 0 Å². The lowest BCUT2D eigenvalue weighted by Gasteiger charge is -2.45. The largest absolute Gasteiger partial charge is 0.762 e. The zero-order valence-corrected chi connectivity index (χ0v) is 19.8. The van der Waals surface area contributed by atoms with Crippen LogP contribution in [0.4, 0.5) is 0 Å². The van der Waals surface area contributed by atoms with Gasteiger partial charge in [0.1, 0.15) is 0 Å². The fourth-order valence-electron chi connectivity index (χ4n) is 5.68. The van der Waals surface area contributed by atoms with Gasteiger partial charge in [0.05, 0.1) is 13.2 Å².